The van der Waals surface area contributed by atoms with Gasteiger partial charge in [-0.2, -0.15) is 0 Å². The lowest BCUT2D eigenvalue weighted by molar-refractivity contribution is 0.0734. The van der Waals surface area contributed by atoms with E-state index in [4.69, 9.17) is 4.74 Å². The molecule has 2 aliphatic rings. The van der Waals surface area contributed by atoms with E-state index in [2.05, 4.69) is 21.2 Å². The summed E-state index contributed by atoms with van der Waals surface area (Å²) in [6.07, 6.45) is 0. The zero-order valence-electron chi connectivity index (χ0n) is 20.3. The molecule has 1 aliphatic heterocycles. The molecule has 6 rings (SSSR count). The van der Waals surface area contributed by atoms with Gasteiger partial charge in [0, 0.05) is 41.2 Å². The summed E-state index contributed by atoms with van der Waals surface area (Å²) in [5, 5.41) is 3.22. The van der Waals surface area contributed by atoms with Gasteiger partial charge in [-0.1, -0.05) is 52.3 Å². The summed E-state index contributed by atoms with van der Waals surface area (Å²) in [5.41, 5.74) is 2.67. The van der Waals surface area contributed by atoms with Crippen LogP contribution in [0.1, 0.15) is 43.3 Å². The summed E-state index contributed by atoms with van der Waals surface area (Å²) in [6.45, 7) is 0. The monoisotopic (exact) mass is 569 g/mol. The molecule has 1 aliphatic carbocycles. The van der Waals surface area contributed by atoms with Gasteiger partial charge in [-0.05, 0) is 42.0 Å². The number of ketones is 1. The number of nitrogens with zero attached hydrogens (tertiary/aromatic N) is 2. The molecule has 2 heterocycles. The van der Waals surface area contributed by atoms with Crippen LogP contribution in [0.3, 0.4) is 0 Å². The van der Waals surface area contributed by atoms with Crippen molar-refractivity contribution >= 4 is 39.2 Å². The van der Waals surface area contributed by atoms with Crippen molar-refractivity contribution < 1.29 is 14.3 Å². The highest BCUT2D eigenvalue weighted by Crippen LogP contribution is 2.47. The quantitative estimate of drug-likeness (QED) is 0.293. The summed E-state index contributed by atoms with van der Waals surface area (Å²) in [6, 6.07) is 20.8. The summed E-state index contributed by atoms with van der Waals surface area (Å²) < 4.78 is 8.80. The predicted octanol–water partition coefficient (Wildman–Crippen LogP) is 4.23. The number of hydrogen-bond donors (Lipinski definition) is 1. The zero-order chi connectivity index (χ0) is 26.7. The lowest BCUT2D eigenvalue weighted by Crippen LogP contribution is -2.42. The van der Waals surface area contributed by atoms with Gasteiger partial charge in [-0.3, -0.25) is 18.7 Å². The van der Waals surface area contributed by atoms with E-state index in [-0.39, 0.29) is 5.78 Å². The largest absolute Gasteiger partial charge is 0.423 e. The van der Waals surface area contributed by atoms with Crippen molar-refractivity contribution in [2.75, 3.05) is 5.32 Å². The Balaban J connectivity index is 1.46. The van der Waals surface area contributed by atoms with Gasteiger partial charge < -0.3 is 10.1 Å². The highest BCUT2D eigenvalue weighted by atomic mass is 79.9. The number of halogens is 1. The molecule has 9 heteroatoms. The van der Waals surface area contributed by atoms with Crippen LogP contribution in [0.15, 0.2) is 92.4 Å². The van der Waals surface area contributed by atoms with Crippen LogP contribution in [0.4, 0.5) is 5.82 Å². The van der Waals surface area contributed by atoms with E-state index in [1.165, 1.54) is 11.6 Å². The van der Waals surface area contributed by atoms with E-state index < -0.39 is 23.1 Å². The molecule has 3 aromatic carbocycles. The van der Waals surface area contributed by atoms with Crippen molar-refractivity contribution in [2.24, 2.45) is 14.1 Å². The second kappa shape index (κ2) is 8.81. The fourth-order valence-corrected chi connectivity index (χ4v) is 5.34. The highest BCUT2D eigenvalue weighted by molar-refractivity contribution is 9.10. The number of carbonyl (C=O) groups is 2. The standard InChI is InChI=1S/C29H20BrN3O5/c1-32-26-23(27(35)33(2)29(32)37)21(22-24(31-26)19-5-3-4-6-20(19)25(22)34)15-9-13-18(14-10-15)38-28(36)16-7-11-17(30)12-8-16/h3-14,21,31H,1-2H3. The van der Waals surface area contributed by atoms with Crippen molar-refractivity contribution in [1.82, 2.24) is 9.13 Å². The van der Waals surface area contributed by atoms with Crippen LogP contribution in [0.5, 0.6) is 5.75 Å². The number of ether oxygens (including phenoxy) is 1. The van der Waals surface area contributed by atoms with Crippen LogP contribution in [0, 0.1) is 0 Å². The maximum atomic E-state index is 13.6. The minimum absolute atomic E-state index is 0.180. The van der Waals surface area contributed by atoms with Crippen molar-refractivity contribution in [1.29, 1.82) is 0 Å². The first kappa shape index (κ1) is 23.9. The number of aromatic nitrogens is 2. The number of carbonyl (C=O) groups excluding carboxylic acids is 2. The molecular formula is C29H20BrN3O5. The first-order valence-electron chi connectivity index (χ1n) is 11.8. The zero-order valence-corrected chi connectivity index (χ0v) is 21.9. The SMILES string of the molecule is Cn1c2c(c(=O)n(C)c1=O)C(c1ccc(OC(=O)c3ccc(Br)cc3)cc1)C1=C(N2)c2ccccc2C1=O. The average Bonchev–Trinajstić information content (AvgIpc) is 3.22. The van der Waals surface area contributed by atoms with Crippen LogP contribution in [-0.4, -0.2) is 20.9 Å². The average molecular weight is 570 g/mol. The Morgan fingerprint density at radius 1 is 0.868 bits per heavy atom. The third-order valence-corrected chi connectivity index (χ3v) is 7.51. The first-order valence-corrected chi connectivity index (χ1v) is 12.6. The van der Waals surface area contributed by atoms with Gasteiger partial charge in [0.2, 0.25) is 0 Å². The predicted molar refractivity (Wildman–Crippen MR) is 146 cm³/mol. The number of Topliss-reactive ketones (excluding diaryl/α,β-unsaturated/α-hetero) is 1. The fourth-order valence-electron chi connectivity index (χ4n) is 5.07. The van der Waals surface area contributed by atoms with Crippen LogP contribution in [0.25, 0.3) is 5.70 Å². The van der Waals surface area contributed by atoms with Gasteiger partial charge in [-0.25, -0.2) is 9.59 Å². The van der Waals surface area contributed by atoms with Crippen molar-refractivity contribution in [3.8, 4) is 5.75 Å². The van der Waals surface area contributed by atoms with Gasteiger partial charge in [-0.15, -0.1) is 0 Å². The molecule has 0 spiro atoms. The van der Waals surface area contributed by atoms with Crippen LogP contribution < -0.4 is 21.3 Å². The molecule has 0 saturated heterocycles. The topological polar surface area (TPSA) is 99.4 Å². The van der Waals surface area contributed by atoms with Crippen molar-refractivity contribution in [3.63, 3.8) is 0 Å². The van der Waals surface area contributed by atoms with Gasteiger partial charge >= 0.3 is 11.7 Å². The number of allylic oxidation sites excluding steroid dienone is 1. The van der Waals surface area contributed by atoms with Crippen molar-refractivity contribution in [2.45, 2.75) is 5.92 Å². The maximum absolute atomic E-state index is 13.6. The molecule has 0 bridgehead atoms. The van der Waals surface area contributed by atoms with E-state index in [1.807, 2.05) is 12.1 Å². The lowest BCUT2D eigenvalue weighted by Gasteiger charge is -2.29. The molecule has 1 unspecified atom stereocenters. The normalized spacial score (nSPS) is 15.4. The molecule has 1 N–H and O–H groups in total. The van der Waals surface area contributed by atoms with Crippen molar-refractivity contribution in [3.05, 3.63) is 131 Å². The number of rotatable bonds is 3. The molecule has 0 saturated carbocycles. The Labute approximate surface area is 224 Å². The highest BCUT2D eigenvalue weighted by Gasteiger charge is 2.42. The second-order valence-electron chi connectivity index (χ2n) is 9.15. The van der Waals surface area contributed by atoms with Gasteiger partial charge in [0.1, 0.15) is 11.6 Å². The molecule has 0 radical (unpaired) electrons. The number of anilines is 1. The summed E-state index contributed by atoms with van der Waals surface area (Å²) in [7, 11) is 3.01. The third kappa shape index (κ3) is 3.58. The molecule has 0 fully saturated rings. The molecule has 188 valence electrons. The second-order valence-corrected chi connectivity index (χ2v) is 10.1. The molecule has 1 atom stereocenters. The minimum Gasteiger partial charge on any atom is -0.423 e. The number of nitrogens with one attached hydrogen (secondary N) is 1. The number of hydrogen-bond acceptors (Lipinski definition) is 6. The number of esters is 1. The fraction of sp³-hybridized carbons (Fsp3) is 0.103. The van der Waals surface area contributed by atoms with Crippen LogP contribution in [-0.2, 0) is 14.1 Å². The van der Waals surface area contributed by atoms with Gasteiger partial charge in [0.05, 0.1) is 16.8 Å². The lowest BCUT2D eigenvalue weighted by atomic mass is 9.81. The molecular weight excluding hydrogens is 550 g/mol. The number of fused-ring (bicyclic) bond motifs is 3. The van der Waals surface area contributed by atoms with Gasteiger partial charge in [0.25, 0.3) is 5.56 Å². The van der Waals surface area contributed by atoms with E-state index >= 15 is 0 Å². The maximum Gasteiger partial charge on any atom is 0.343 e. The molecule has 1 aromatic heterocycles. The Morgan fingerprint density at radius 3 is 2.21 bits per heavy atom. The molecule has 0 amide bonds. The smallest absolute Gasteiger partial charge is 0.343 e. The Bertz CT molecular complexity index is 1820. The van der Waals surface area contributed by atoms with E-state index in [0.29, 0.717) is 45.1 Å². The Morgan fingerprint density at radius 2 is 1.53 bits per heavy atom. The Kier molecular flexibility index (Phi) is 5.53. The van der Waals surface area contributed by atoms with Gasteiger partial charge in [0.15, 0.2) is 5.78 Å². The minimum atomic E-state index is -0.733. The third-order valence-electron chi connectivity index (χ3n) is 6.98. The molecule has 38 heavy (non-hydrogen) atoms. The summed E-state index contributed by atoms with van der Waals surface area (Å²) in [5.74, 6) is -0.757. The van der Waals surface area contributed by atoms with E-state index in [1.54, 1.807) is 67.7 Å². The summed E-state index contributed by atoms with van der Waals surface area (Å²) >= 11 is 3.34. The Hall–Kier alpha value is -4.50. The number of benzene rings is 3. The molecule has 4 aromatic rings. The first-order chi connectivity index (χ1) is 18.3. The van der Waals surface area contributed by atoms with Crippen LogP contribution in [0.2, 0.25) is 0 Å². The molecule has 8 nitrogen and oxygen atoms in total. The van der Waals surface area contributed by atoms with E-state index in [0.717, 1.165) is 14.6 Å². The van der Waals surface area contributed by atoms with E-state index in [9.17, 15) is 19.2 Å². The summed E-state index contributed by atoms with van der Waals surface area (Å²) in [4.78, 5) is 52.4. The van der Waals surface area contributed by atoms with Crippen LogP contribution >= 0.6 is 15.9 Å².